The molecular formula is C16H13F4N. The van der Waals surface area contributed by atoms with Crippen molar-refractivity contribution in [1.82, 2.24) is 0 Å². The van der Waals surface area contributed by atoms with Gasteiger partial charge in [0.2, 0.25) is 0 Å². The second-order valence-corrected chi connectivity index (χ2v) is 5.05. The largest absolute Gasteiger partial charge is 0.419 e. The van der Waals surface area contributed by atoms with Crippen LogP contribution >= 0.6 is 0 Å². The van der Waals surface area contributed by atoms with E-state index >= 15 is 0 Å². The molecule has 2 aromatic carbocycles. The monoisotopic (exact) mass is 295 g/mol. The third-order valence-electron chi connectivity index (χ3n) is 3.68. The summed E-state index contributed by atoms with van der Waals surface area (Å²) in [6.07, 6.45) is -2.96. The summed E-state index contributed by atoms with van der Waals surface area (Å²) in [6, 6.07) is 8.65. The van der Waals surface area contributed by atoms with Gasteiger partial charge in [0, 0.05) is 12.2 Å². The number of nitrogens with one attached hydrogen (secondary N) is 1. The third-order valence-corrected chi connectivity index (χ3v) is 3.68. The van der Waals surface area contributed by atoms with Crippen LogP contribution in [0.25, 0.3) is 11.1 Å². The fourth-order valence-corrected chi connectivity index (χ4v) is 2.69. The molecule has 21 heavy (non-hydrogen) atoms. The van der Waals surface area contributed by atoms with E-state index in [1.165, 1.54) is 6.07 Å². The minimum atomic E-state index is -4.69. The normalized spacial score (nSPS) is 14.5. The van der Waals surface area contributed by atoms with Gasteiger partial charge in [-0.3, -0.25) is 0 Å². The van der Waals surface area contributed by atoms with E-state index in [9.17, 15) is 17.6 Å². The van der Waals surface area contributed by atoms with Gasteiger partial charge >= 0.3 is 6.18 Å². The fraction of sp³-hybridized carbons (Fsp3) is 0.250. The van der Waals surface area contributed by atoms with Crippen LogP contribution in [0.5, 0.6) is 0 Å². The Morgan fingerprint density at radius 2 is 1.86 bits per heavy atom. The highest BCUT2D eigenvalue weighted by molar-refractivity contribution is 5.75. The number of fused-ring (bicyclic) bond motifs is 1. The zero-order chi connectivity index (χ0) is 15.0. The maximum absolute atomic E-state index is 13.4. The molecule has 0 saturated heterocycles. The smallest absolute Gasteiger partial charge is 0.385 e. The standard InChI is InChI=1S/C16H13F4N/c17-14-7-6-10(9-13(14)16(18,19)20)11-3-1-5-15-12(11)4-2-8-21-15/h1,3,5-7,9,21H,2,4,8H2. The van der Waals surface area contributed by atoms with Gasteiger partial charge < -0.3 is 5.32 Å². The van der Waals surface area contributed by atoms with Crippen molar-refractivity contribution in [3.63, 3.8) is 0 Å². The first-order valence-electron chi connectivity index (χ1n) is 6.70. The van der Waals surface area contributed by atoms with Crippen molar-refractivity contribution in [3.05, 3.63) is 53.3 Å². The number of rotatable bonds is 1. The van der Waals surface area contributed by atoms with Crippen molar-refractivity contribution in [3.8, 4) is 11.1 Å². The van der Waals surface area contributed by atoms with Gasteiger partial charge in [-0.1, -0.05) is 18.2 Å². The highest BCUT2D eigenvalue weighted by Crippen LogP contribution is 2.37. The number of halogens is 4. The molecule has 0 spiro atoms. The molecule has 0 amide bonds. The second-order valence-electron chi connectivity index (χ2n) is 5.05. The molecule has 0 aromatic heterocycles. The van der Waals surface area contributed by atoms with Gasteiger partial charge in [0.15, 0.2) is 0 Å². The highest BCUT2D eigenvalue weighted by atomic mass is 19.4. The molecule has 5 heteroatoms. The van der Waals surface area contributed by atoms with Gasteiger partial charge in [-0.05, 0) is 47.7 Å². The number of hydrogen-bond donors (Lipinski definition) is 1. The predicted molar refractivity (Wildman–Crippen MR) is 73.6 cm³/mol. The average Bonchev–Trinajstić information content (AvgIpc) is 2.46. The fourth-order valence-electron chi connectivity index (χ4n) is 2.69. The Hall–Kier alpha value is -2.04. The van der Waals surface area contributed by atoms with Crippen LogP contribution in [0.15, 0.2) is 36.4 Å². The van der Waals surface area contributed by atoms with Crippen LogP contribution in [-0.2, 0) is 12.6 Å². The molecule has 1 heterocycles. The zero-order valence-electron chi connectivity index (χ0n) is 11.1. The lowest BCUT2D eigenvalue weighted by atomic mass is 9.92. The molecule has 0 aliphatic carbocycles. The van der Waals surface area contributed by atoms with Crippen LogP contribution in [0.1, 0.15) is 17.5 Å². The highest BCUT2D eigenvalue weighted by Gasteiger charge is 2.34. The summed E-state index contributed by atoms with van der Waals surface area (Å²) < 4.78 is 51.9. The molecule has 0 atom stereocenters. The third kappa shape index (κ3) is 2.60. The predicted octanol–water partition coefficient (Wildman–Crippen LogP) is 4.87. The Labute approximate surface area is 119 Å². The Morgan fingerprint density at radius 3 is 2.62 bits per heavy atom. The summed E-state index contributed by atoms with van der Waals surface area (Å²) in [5.74, 6) is -1.24. The van der Waals surface area contributed by atoms with E-state index < -0.39 is 17.6 Å². The Morgan fingerprint density at radius 1 is 1.05 bits per heavy atom. The topological polar surface area (TPSA) is 12.0 Å². The van der Waals surface area contributed by atoms with E-state index in [1.54, 1.807) is 12.1 Å². The second kappa shape index (κ2) is 5.06. The Balaban J connectivity index is 2.14. The maximum Gasteiger partial charge on any atom is 0.419 e. The number of anilines is 1. The Bertz CT molecular complexity index is 676. The molecule has 0 saturated carbocycles. The van der Waals surface area contributed by atoms with Crippen molar-refractivity contribution in [2.24, 2.45) is 0 Å². The average molecular weight is 295 g/mol. The molecule has 2 aromatic rings. The summed E-state index contributed by atoms with van der Waals surface area (Å²) in [6.45, 7) is 0.855. The molecule has 110 valence electrons. The summed E-state index contributed by atoms with van der Waals surface area (Å²) in [5, 5.41) is 3.23. The van der Waals surface area contributed by atoms with Crippen LogP contribution in [-0.4, -0.2) is 6.54 Å². The van der Waals surface area contributed by atoms with Crippen molar-refractivity contribution >= 4 is 5.69 Å². The molecule has 1 N–H and O–H groups in total. The van der Waals surface area contributed by atoms with Gasteiger partial charge in [0.1, 0.15) is 5.82 Å². The van der Waals surface area contributed by atoms with E-state index in [-0.39, 0.29) is 0 Å². The van der Waals surface area contributed by atoms with E-state index in [2.05, 4.69) is 5.32 Å². The Kier molecular flexibility index (Phi) is 3.35. The molecule has 3 rings (SSSR count). The molecule has 0 bridgehead atoms. The quantitative estimate of drug-likeness (QED) is 0.740. The van der Waals surface area contributed by atoms with Gasteiger partial charge in [0.05, 0.1) is 5.56 Å². The molecule has 0 radical (unpaired) electrons. The van der Waals surface area contributed by atoms with Gasteiger partial charge in [-0.25, -0.2) is 4.39 Å². The van der Waals surface area contributed by atoms with Crippen LogP contribution in [0.3, 0.4) is 0 Å². The zero-order valence-corrected chi connectivity index (χ0v) is 11.1. The first-order chi connectivity index (χ1) is 9.97. The summed E-state index contributed by atoms with van der Waals surface area (Å²) in [4.78, 5) is 0. The SMILES string of the molecule is Fc1ccc(-c2cccc3c2CCCN3)cc1C(F)(F)F. The van der Waals surface area contributed by atoms with Crippen LogP contribution in [0.2, 0.25) is 0 Å². The first kappa shape index (κ1) is 13.9. The van der Waals surface area contributed by atoms with E-state index in [1.807, 2.05) is 6.07 Å². The maximum atomic E-state index is 13.4. The number of alkyl halides is 3. The summed E-state index contributed by atoms with van der Waals surface area (Å²) >= 11 is 0. The lowest BCUT2D eigenvalue weighted by molar-refractivity contribution is -0.139. The van der Waals surface area contributed by atoms with Gasteiger partial charge in [-0.2, -0.15) is 13.2 Å². The lowest BCUT2D eigenvalue weighted by Crippen LogP contribution is -2.13. The van der Waals surface area contributed by atoms with E-state index in [0.717, 1.165) is 48.3 Å². The molecule has 0 fully saturated rings. The van der Waals surface area contributed by atoms with Crippen LogP contribution in [0.4, 0.5) is 23.2 Å². The minimum absolute atomic E-state index is 0.393. The molecule has 1 nitrogen and oxygen atoms in total. The van der Waals surface area contributed by atoms with Gasteiger partial charge in [-0.15, -0.1) is 0 Å². The van der Waals surface area contributed by atoms with Crippen molar-refractivity contribution < 1.29 is 17.6 Å². The molecule has 0 unspecified atom stereocenters. The van der Waals surface area contributed by atoms with Crippen molar-refractivity contribution in [2.45, 2.75) is 19.0 Å². The first-order valence-corrected chi connectivity index (χ1v) is 6.70. The minimum Gasteiger partial charge on any atom is -0.385 e. The lowest BCUT2D eigenvalue weighted by Gasteiger charge is -2.21. The summed E-state index contributed by atoms with van der Waals surface area (Å²) in [5.41, 5.74) is 1.83. The number of benzene rings is 2. The summed E-state index contributed by atoms with van der Waals surface area (Å²) in [7, 11) is 0. The van der Waals surface area contributed by atoms with Crippen molar-refractivity contribution in [1.29, 1.82) is 0 Å². The molecule has 1 aliphatic rings. The number of hydrogen-bond acceptors (Lipinski definition) is 1. The van der Waals surface area contributed by atoms with Gasteiger partial charge in [0.25, 0.3) is 0 Å². The van der Waals surface area contributed by atoms with Crippen LogP contribution in [0, 0.1) is 5.82 Å². The molecular weight excluding hydrogens is 282 g/mol. The van der Waals surface area contributed by atoms with E-state index in [4.69, 9.17) is 0 Å². The van der Waals surface area contributed by atoms with E-state index in [0.29, 0.717) is 5.56 Å². The van der Waals surface area contributed by atoms with Crippen LogP contribution < -0.4 is 5.32 Å². The van der Waals surface area contributed by atoms with Crippen molar-refractivity contribution in [2.75, 3.05) is 11.9 Å². The molecule has 1 aliphatic heterocycles.